The maximum atomic E-state index is 11.0. The lowest BCUT2D eigenvalue weighted by Crippen LogP contribution is -2.16. The van der Waals surface area contributed by atoms with Crippen LogP contribution in [-0.4, -0.2) is 29.2 Å². The maximum absolute atomic E-state index is 11.0. The molecule has 4 rings (SSSR count). The highest BCUT2D eigenvalue weighted by molar-refractivity contribution is 6.30. The number of imidazole rings is 1. The average Bonchev–Trinajstić information content (AvgIpc) is 3.18. The van der Waals surface area contributed by atoms with Crippen LogP contribution in [0.4, 0.5) is 4.79 Å². The van der Waals surface area contributed by atoms with E-state index in [0.717, 1.165) is 22.2 Å². The molecule has 3 aromatic carbocycles. The molecule has 31 heavy (non-hydrogen) atoms. The Morgan fingerprint density at radius 1 is 1.03 bits per heavy atom. The van der Waals surface area contributed by atoms with Crippen LogP contribution in [0.1, 0.15) is 17.2 Å². The number of nitrogens with zero attached hydrogens (tertiary/aromatic N) is 1. The molecule has 7 nitrogen and oxygen atoms in total. The average molecular weight is 437 g/mol. The first-order chi connectivity index (χ1) is 15.0. The summed E-state index contributed by atoms with van der Waals surface area (Å²) in [7, 11) is 0. The van der Waals surface area contributed by atoms with Crippen LogP contribution in [0.25, 0.3) is 22.4 Å². The van der Waals surface area contributed by atoms with Crippen molar-refractivity contribution in [2.45, 2.75) is 6.10 Å². The lowest BCUT2D eigenvalue weighted by molar-refractivity contribution is 0.0864. The number of amides is 1. The molecule has 1 atom stereocenters. The third-order valence-corrected chi connectivity index (χ3v) is 4.99. The monoisotopic (exact) mass is 436 g/mol. The predicted octanol–water partition coefficient (Wildman–Crippen LogP) is 4.41. The molecular weight excluding hydrogens is 416 g/mol. The van der Waals surface area contributed by atoms with Crippen molar-refractivity contribution < 1.29 is 14.3 Å². The van der Waals surface area contributed by atoms with Gasteiger partial charge in [-0.3, -0.25) is 0 Å². The van der Waals surface area contributed by atoms with Gasteiger partial charge in [0.05, 0.1) is 17.6 Å². The number of halogens is 1. The van der Waals surface area contributed by atoms with Crippen molar-refractivity contribution in [1.82, 2.24) is 9.97 Å². The molecule has 0 bridgehead atoms. The molecule has 1 unspecified atom stereocenters. The Balaban J connectivity index is 1.61. The number of hydrogen-bond acceptors (Lipinski definition) is 5. The predicted molar refractivity (Wildman–Crippen MR) is 120 cm³/mol. The topological polar surface area (TPSA) is 116 Å². The van der Waals surface area contributed by atoms with Crippen LogP contribution < -0.4 is 16.2 Å². The first kappa shape index (κ1) is 20.9. The van der Waals surface area contributed by atoms with Crippen LogP contribution in [0.3, 0.4) is 0 Å². The fraction of sp³-hybridized carbons (Fsp3) is 0.130. The molecule has 1 aromatic heterocycles. The molecule has 0 aliphatic rings. The van der Waals surface area contributed by atoms with Crippen LogP contribution in [-0.2, 0) is 4.74 Å². The molecule has 1 heterocycles. The number of nitrogens with one attached hydrogen (secondary N) is 1. The zero-order chi connectivity index (χ0) is 21.8. The Kier molecular flexibility index (Phi) is 6.18. The minimum Gasteiger partial charge on any atom is -0.410 e. The summed E-state index contributed by atoms with van der Waals surface area (Å²) in [6.07, 6.45) is -1.11. The van der Waals surface area contributed by atoms with Gasteiger partial charge in [-0.1, -0.05) is 48.0 Å². The Morgan fingerprint density at radius 3 is 2.35 bits per heavy atom. The van der Waals surface area contributed by atoms with Gasteiger partial charge in [-0.15, -0.1) is 0 Å². The first-order valence-corrected chi connectivity index (χ1v) is 10.1. The number of benzene rings is 3. The number of nitrogens with two attached hydrogens (primary N) is 2. The van der Waals surface area contributed by atoms with Crippen LogP contribution in [0.5, 0.6) is 5.75 Å². The van der Waals surface area contributed by atoms with Crippen molar-refractivity contribution in [3.8, 4) is 17.1 Å². The molecule has 0 radical (unpaired) electrons. The van der Waals surface area contributed by atoms with E-state index in [1.807, 2.05) is 48.5 Å². The van der Waals surface area contributed by atoms with Gasteiger partial charge >= 0.3 is 6.09 Å². The van der Waals surface area contributed by atoms with Crippen molar-refractivity contribution in [2.75, 3.05) is 13.2 Å². The van der Waals surface area contributed by atoms with E-state index in [4.69, 9.17) is 32.5 Å². The van der Waals surface area contributed by atoms with Crippen LogP contribution in [0.2, 0.25) is 5.02 Å². The number of rotatable bonds is 7. The second-order valence-electron chi connectivity index (χ2n) is 6.90. The third-order valence-electron chi connectivity index (χ3n) is 4.73. The highest BCUT2D eigenvalue weighted by atomic mass is 35.5. The second kappa shape index (κ2) is 9.18. The quantitative estimate of drug-likeness (QED) is 0.397. The van der Waals surface area contributed by atoms with Gasteiger partial charge in [-0.25, -0.2) is 9.78 Å². The Morgan fingerprint density at radius 2 is 1.71 bits per heavy atom. The van der Waals surface area contributed by atoms with Crippen molar-refractivity contribution in [1.29, 1.82) is 0 Å². The number of fused-ring (bicyclic) bond motifs is 1. The smallest absolute Gasteiger partial charge is 0.409 e. The molecule has 0 saturated carbocycles. The fourth-order valence-electron chi connectivity index (χ4n) is 3.33. The summed E-state index contributed by atoms with van der Waals surface area (Å²) >= 11 is 6.02. The van der Waals surface area contributed by atoms with E-state index >= 15 is 0 Å². The Bertz CT molecular complexity index is 1190. The van der Waals surface area contributed by atoms with Crippen molar-refractivity contribution in [3.05, 3.63) is 82.9 Å². The normalized spacial score (nSPS) is 12.1. The van der Waals surface area contributed by atoms with E-state index in [2.05, 4.69) is 9.97 Å². The maximum Gasteiger partial charge on any atom is 0.409 e. The largest absolute Gasteiger partial charge is 0.410 e. The molecular formula is C23H21ClN4O3. The Hall–Kier alpha value is -3.39. The van der Waals surface area contributed by atoms with Crippen molar-refractivity contribution >= 4 is 28.7 Å². The summed E-state index contributed by atoms with van der Waals surface area (Å²) in [5.74, 6) is 1.04. The second-order valence-corrected chi connectivity index (χ2v) is 7.33. The standard InChI is InChI=1S/C23H21ClN4O3/c24-17-7-5-15(6-8-17)21(30-12-11-25)14-1-3-16(4-2-14)22-27-19-10-9-18(31-23(26)29)13-20(19)28-22/h1-10,13,21H,11-12,25H2,(H2,26,29)(H,27,28). The molecule has 0 aliphatic carbocycles. The number of H-pyrrole nitrogens is 1. The number of aromatic amines is 1. The lowest BCUT2D eigenvalue weighted by Gasteiger charge is -2.19. The first-order valence-electron chi connectivity index (χ1n) is 9.68. The van der Waals surface area contributed by atoms with Gasteiger partial charge in [0.15, 0.2) is 0 Å². The van der Waals surface area contributed by atoms with Crippen molar-refractivity contribution in [2.24, 2.45) is 11.5 Å². The van der Waals surface area contributed by atoms with E-state index in [9.17, 15) is 4.79 Å². The highest BCUT2D eigenvalue weighted by Crippen LogP contribution is 2.30. The SMILES string of the molecule is NCCOC(c1ccc(Cl)cc1)c1ccc(-c2nc3cc(OC(N)=O)ccc3[nH]2)cc1. The molecule has 5 N–H and O–H groups in total. The van der Waals surface area contributed by atoms with Crippen LogP contribution in [0.15, 0.2) is 66.7 Å². The molecule has 0 spiro atoms. The number of primary amides is 1. The van der Waals surface area contributed by atoms with Crippen molar-refractivity contribution in [3.63, 3.8) is 0 Å². The number of carbonyl (C=O) groups is 1. The van der Waals surface area contributed by atoms with Crippen LogP contribution in [0, 0.1) is 0 Å². The zero-order valence-corrected chi connectivity index (χ0v) is 17.3. The van der Waals surface area contributed by atoms with E-state index in [0.29, 0.717) is 35.3 Å². The molecule has 0 fully saturated rings. The minimum absolute atomic E-state index is 0.251. The minimum atomic E-state index is -0.863. The summed E-state index contributed by atoms with van der Waals surface area (Å²) in [5, 5.41) is 0.672. The summed E-state index contributed by atoms with van der Waals surface area (Å²) in [4.78, 5) is 18.8. The summed E-state index contributed by atoms with van der Waals surface area (Å²) in [5.41, 5.74) is 15.1. The molecule has 1 amide bonds. The summed E-state index contributed by atoms with van der Waals surface area (Å²) in [6.45, 7) is 0.872. The van der Waals surface area contributed by atoms with Gasteiger partial charge in [0.2, 0.25) is 0 Å². The third kappa shape index (κ3) is 4.86. The number of ether oxygens (including phenoxy) is 2. The molecule has 8 heteroatoms. The van der Waals surface area contributed by atoms with Gasteiger partial charge in [-0.2, -0.15) is 0 Å². The highest BCUT2D eigenvalue weighted by Gasteiger charge is 2.15. The van der Waals surface area contributed by atoms with E-state index in [1.165, 1.54) is 0 Å². The number of carbonyl (C=O) groups excluding carboxylic acids is 1. The van der Waals surface area contributed by atoms with Gasteiger partial charge < -0.3 is 25.9 Å². The zero-order valence-electron chi connectivity index (χ0n) is 16.5. The Labute approximate surface area is 183 Å². The van der Waals surface area contributed by atoms with Gasteiger partial charge in [0, 0.05) is 23.2 Å². The fourth-order valence-corrected chi connectivity index (χ4v) is 3.45. The van der Waals surface area contributed by atoms with E-state index < -0.39 is 6.09 Å². The van der Waals surface area contributed by atoms with Crippen LogP contribution >= 0.6 is 11.6 Å². The molecule has 0 saturated heterocycles. The van der Waals surface area contributed by atoms with Gasteiger partial charge in [0.25, 0.3) is 0 Å². The number of hydrogen-bond donors (Lipinski definition) is 3. The van der Waals surface area contributed by atoms with E-state index in [-0.39, 0.29) is 6.10 Å². The number of aromatic nitrogens is 2. The summed E-state index contributed by atoms with van der Waals surface area (Å²) in [6, 6.07) is 20.6. The molecule has 0 aliphatic heterocycles. The van der Waals surface area contributed by atoms with E-state index in [1.54, 1.807) is 18.2 Å². The lowest BCUT2D eigenvalue weighted by atomic mass is 10.00. The molecule has 158 valence electrons. The summed E-state index contributed by atoms with van der Waals surface area (Å²) < 4.78 is 10.9. The molecule has 4 aromatic rings. The van der Waals surface area contributed by atoms with Gasteiger partial charge in [-0.05, 0) is 35.4 Å². The van der Waals surface area contributed by atoms with Gasteiger partial charge in [0.1, 0.15) is 17.7 Å².